The number of ether oxygens (including phenoxy) is 2. The van der Waals surface area contributed by atoms with Crippen LogP contribution in [0.15, 0.2) is 0 Å². The Bertz CT molecular complexity index is 310. The number of amides is 4. The highest BCUT2D eigenvalue weighted by Crippen LogP contribution is 2.07. The van der Waals surface area contributed by atoms with Crippen molar-refractivity contribution in [3.05, 3.63) is 0 Å². The highest BCUT2D eigenvalue weighted by molar-refractivity contribution is 6.44. The Labute approximate surface area is 85.3 Å². The maximum atomic E-state index is 11.2. The number of carbonyl (C=O) groups excluding carboxylic acids is 3. The van der Waals surface area contributed by atoms with Crippen LogP contribution in [0.3, 0.4) is 0 Å². The summed E-state index contributed by atoms with van der Waals surface area (Å²) in [6.07, 6.45) is -0.348. The van der Waals surface area contributed by atoms with E-state index in [0.717, 1.165) is 4.90 Å². The van der Waals surface area contributed by atoms with E-state index in [2.05, 4.69) is 0 Å². The van der Waals surface area contributed by atoms with Crippen molar-refractivity contribution in [3.63, 3.8) is 0 Å². The molecule has 0 radical (unpaired) electrons. The third-order valence-electron chi connectivity index (χ3n) is 2.18. The lowest BCUT2D eigenvalue weighted by molar-refractivity contribution is -0.142. The van der Waals surface area contributed by atoms with Gasteiger partial charge in [-0.05, 0) is 0 Å². The summed E-state index contributed by atoms with van der Waals surface area (Å²) in [4.78, 5) is 34.0. The first-order chi connectivity index (χ1) is 7.18. The molecule has 2 fully saturated rings. The predicted molar refractivity (Wildman–Crippen MR) is 45.8 cm³/mol. The highest BCUT2D eigenvalue weighted by Gasteiger charge is 2.38. The lowest BCUT2D eigenvalue weighted by Crippen LogP contribution is -2.43. The van der Waals surface area contributed by atoms with E-state index < -0.39 is 17.8 Å². The molecule has 1 unspecified atom stereocenters. The number of nitrogens with zero attached hydrogens (tertiary/aromatic N) is 1. The average Bonchev–Trinajstić information content (AvgIpc) is 2.47. The fourth-order valence-corrected chi connectivity index (χ4v) is 1.44. The normalized spacial score (nSPS) is 27.1. The van der Waals surface area contributed by atoms with E-state index in [0.29, 0.717) is 19.8 Å². The summed E-state index contributed by atoms with van der Waals surface area (Å²) in [6.45, 7) is 1.32. The van der Waals surface area contributed by atoms with E-state index in [4.69, 9.17) is 9.47 Å². The van der Waals surface area contributed by atoms with Gasteiger partial charge in [0.25, 0.3) is 0 Å². The number of hydrogen-bond donors (Lipinski definition) is 1. The topological polar surface area (TPSA) is 84.9 Å². The van der Waals surface area contributed by atoms with Crippen molar-refractivity contribution in [2.75, 3.05) is 26.4 Å². The highest BCUT2D eigenvalue weighted by atomic mass is 16.6. The van der Waals surface area contributed by atoms with Gasteiger partial charge < -0.3 is 9.47 Å². The van der Waals surface area contributed by atoms with Crippen LogP contribution in [0.4, 0.5) is 4.79 Å². The molecule has 15 heavy (non-hydrogen) atoms. The summed E-state index contributed by atoms with van der Waals surface area (Å²) in [5.41, 5.74) is 0. The van der Waals surface area contributed by atoms with Gasteiger partial charge in [-0.2, -0.15) is 0 Å². The lowest BCUT2D eigenvalue weighted by atomic mass is 10.3. The number of imide groups is 2. The van der Waals surface area contributed by atoms with Crippen LogP contribution in [0.2, 0.25) is 0 Å². The van der Waals surface area contributed by atoms with Crippen molar-refractivity contribution in [1.29, 1.82) is 0 Å². The molecule has 7 nitrogen and oxygen atoms in total. The molecule has 1 atom stereocenters. The van der Waals surface area contributed by atoms with E-state index in [9.17, 15) is 14.4 Å². The van der Waals surface area contributed by atoms with Crippen molar-refractivity contribution in [2.24, 2.45) is 0 Å². The molecule has 0 aromatic heterocycles. The van der Waals surface area contributed by atoms with Gasteiger partial charge in [-0.25, -0.2) is 4.79 Å². The Morgan fingerprint density at radius 1 is 1.33 bits per heavy atom. The van der Waals surface area contributed by atoms with Crippen molar-refractivity contribution < 1.29 is 23.9 Å². The quantitative estimate of drug-likeness (QED) is 0.445. The van der Waals surface area contributed by atoms with Crippen LogP contribution in [-0.4, -0.2) is 55.2 Å². The fraction of sp³-hybridized carbons (Fsp3) is 0.625. The first-order valence-electron chi connectivity index (χ1n) is 4.54. The molecule has 2 saturated heterocycles. The fourth-order valence-electron chi connectivity index (χ4n) is 1.44. The summed E-state index contributed by atoms with van der Waals surface area (Å²) in [7, 11) is 0. The summed E-state index contributed by atoms with van der Waals surface area (Å²) in [5.74, 6) is -1.73. The molecule has 2 rings (SSSR count). The van der Waals surface area contributed by atoms with Crippen molar-refractivity contribution in [2.45, 2.75) is 6.10 Å². The smallest absolute Gasteiger partial charge is 0.331 e. The van der Waals surface area contributed by atoms with Gasteiger partial charge in [-0.15, -0.1) is 0 Å². The molecule has 1 N–H and O–H groups in total. The number of nitrogens with one attached hydrogen (secondary N) is 1. The summed E-state index contributed by atoms with van der Waals surface area (Å²) >= 11 is 0. The summed E-state index contributed by atoms with van der Waals surface area (Å²) in [6, 6.07) is -0.695. The minimum absolute atomic E-state index is 0.0520. The van der Waals surface area contributed by atoms with Crippen LogP contribution in [0.1, 0.15) is 0 Å². The van der Waals surface area contributed by atoms with E-state index in [1.807, 2.05) is 5.32 Å². The predicted octanol–water partition coefficient (Wildman–Crippen LogP) is -1.52. The zero-order chi connectivity index (χ0) is 10.8. The van der Waals surface area contributed by atoms with Crippen LogP contribution >= 0.6 is 0 Å². The molecule has 2 aliphatic rings. The summed E-state index contributed by atoms with van der Waals surface area (Å²) < 4.78 is 10.4. The van der Waals surface area contributed by atoms with Crippen LogP contribution in [0.5, 0.6) is 0 Å². The molecule has 0 spiro atoms. The van der Waals surface area contributed by atoms with E-state index in [1.165, 1.54) is 0 Å². The molecule has 0 aromatic carbocycles. The second kappa shape index (κ2) is 3.95. The monoisotopic (exact) mass is 214 g/mol. The molecule has 82 valence electrons. The Balaban J connectivity index is 1.95. The number of rotatable bonds is 2. The van der Waals surface area contributed by atoms with E-state index >= 15 is 0 Å². The zero-order valence-electron chi connectivity index (χ0n) is 7.89. The molecule has 2 heterocycles. The Morgan fingerprint density at radius 3 is 2.67 bits per heavy atom. The Hall–Kier alpha value is -1.47. The minimum atomic E-state index is -0.892. The molecular formula is C8H10N2O5. The first kappa shape index (κ1) is 10.1. The summed E-state index contributed by atoms with van der Waals surface area (Å²) in [5, 5.41) is 1.91. The van der Waals surface area contributed by atoms with Crippen LogP contribution in [-0.2, 0) is 19.1 Å². The molecule has 0 bridgehead atoms. The van der Waals surface area contributed by atoms with Gasteiger partial charge in [0, 0.05) is 0 Å². The number of carbonyl (C=O) groups is 3. The maximum Gasteiger partial charge on any atom is 0.331 e. The van der Waals surface area contributed by atoms with Gasteiger partial charge in [0.1, 0.15) is 0 Å². The second-order valence-electron chi connectivity index (χ2n) is 3.24. The van der Waals surface area contributed by atoms with Crippen molar-refractivity contribution in [3.8, 4) is 0 Å². The molecular weight excluding hydrogens is 204 g/mol. The molecule has 2 aliphatic heterocycles. The SMILES string of the molecule is O=C1NC(=O)N(CC2COCCO2)C1=O. The lowest BCUT2D eigenvalue weighted by Gasteiger charge is -2.25. The second-order valence-corrected chi connectivity index (χ2v) is 3.24. The van der Waals surface area contributed by atoms with Crippen LogP contribution in [0, 0.1) is 0 Å². The molecule has 0 saturated carbocycles. The zero-order valence-corrected chi connectivity index (χ0v) is 7.89. The molecule has 0 aromatic rings. The largest absolute Gasteiger partial charge is 0.376 e. The van der Waals surface area contributed by atoms with Gasteiger partial charge in [-0.1, -0.05) is 0 Å². The van der Waals surface area contributed by atoms with Gasteiger partial charge >= 0.3 is 17.8 Å². The van der Waals surface area contributed by atoms with E-state index in [-0.39, 0.29) is 12.6 Å². The number of hydrogen-bond acceptors (Lipinski definition) is 5. The Kier molecular flexibility index (Phi) is 2.65. The minimum Gasteiger partial charge on any atom is -0.376 e. The molecule has 0 aliphatic carbocycles. The van der Waals surface area contributed by atoms with Gasteiger partial charge in [0.05, 0.1) is 32.5 Å². The third-order valence-corrected chi connectivity index (χ3v) is 2.18. The van der Waals surface area contributed by atoms with Crippen molar-refractivity contribution >= 4 is 17.8 Å². The first-order valence-corrected chi connectivity index (χ1v) is 4.54. The van der Waals surface area contributed by atoms with Crippen LogP contribution in [0.25, 0.3) is 0 Å². The van der Waals surface area contributed by atoms with Gasteiger partial charge in [0.15, 0.2) is 0 Å². The average molecular weight is 214 g/mol. The van der Waals surface area contributed by atoms with E-state index in [1.54, 1.807) is 0 Å². The molecule has 4 amide bonds. The standard InChI is InChI=1S/C8H10N2O5/c11-6-7(12)10(8(13)9-6)3-5-4-14-1-2-15-5/h5H,1-4H2,(H,9,11,13). The molecule has 7 heteroatoms. The third kappa shape index (κ3) is 1.97. The van der Waals surface area contributed by atoms with Gasteiger partial charge in [-0.3, -0.25) is 19.8 Å². The maximum absolute atomic E-state index is 11.2. The van der Waals surface area contributed by atoms with Gasteiger partial charge in [0.2, 0.25) is 0 Å². The van der Waals surface area contributed by atoms with Crippen molar-refractivity contribution in [1.82, 2.24) is 10.2 Å². The van der Waals surface area contributed by atoms with Crippen LogP contribution < -0.4 is 5.32 Å². The Morgan fingerprint density at radius 2 is 2.13 bits per heavy atom. The number of urea groups is 1.